The smallest absolute Gasteiger partial charge is 0.305 e. The molecular formula is C18H36O6. The summed E-state index contributed by atoms with van der Waals surface area (Å²) in [4.78, 5) is 20.2. The third-order valence-electron chi connectivity index (χ3n) is 3.58. The molecule has 0 saturated carbocycles. The Labute approximate surface area is 145 Å². The van der Waals surface area contributed by atoms with Crippen molar-refractivity contribution in [2.75, 3.05) is 0 Å². The summed E-state index contributed by atoms with van der Waals surface area (Å²) in [6, 6.07) is 0. The first-order chi connectivity index (χ1) is 11.3. The van der Waals surface area contributed by atoms with Gasteiger partial charge in [-0.25, -0.2) is 0 Å². The van der Waals surface area contributed by atoms with Gasteiger partial charge in [0.25, 0.3) is 0 Å². The van der Waals surface area contributed by atoms with E-state index in [1.54, 1.807) is 0 Å². The molecule has 0 aromatic carbocycles. The minimum Gasteiger partial charge on any atom is -0.481 e. The van der Waals surface area contributed by atoms with Gasteiger partial charge in [0.2, 0.25) is 0 Å². The van der Waals surface area contributed by atoms with Crippen LogP contribution in [0.2, 0.25) is 0 Å². The van der Waals surface area contributed by atoms with E-state index >= 15 is 0 Å². The fourth-order valence-corrected chi connectivity index (χ4v) is 2.28. The van der Waals surface area contributed by atoms with E-state index in [2.05, 4.69) is 6.92 Å². The largest absolute Gasteiger partial charge is 0.481 e. The number of carbonyl (C=O) groups is 2. The lowest BCUT2D eigenvalue weighted by Gasteiger charge is -2.06. The van der Waals surface area contributed by atoms with Crippen molar-refractivity contribution in [3.8, 4) is 0 Å². The molecule has 0 aromatic rings. The lowest BCUT2D eigenvalue weighted by molar-refractivity contribution is -0.140. The van der Waals surface area contributed by atoms with Crippen LogP contribution in [0.1, 0.15) is 90.9 Å². The highest BCUT2D eigenvalue weighted by molar-refractivity contribution is 5.67. The Hall–Kier alpha value is -1.14. The fraction of sp³-hybridized carbons (Fsp3) is 0.889. The second-order valence-corrected chi connectivity index (χ2v) is 6.20. The second-order valence-electron chi connectivity index (χ2n) is 6.20. The Morgan fingerprint density at radius 3 is 1.50 bits per heavy atom. The number of carboxylic acids is 2. The van der Waals surface area contributed by atoms with Crippen molar-refractivity contribution in [1.82, 2.24) is 0 Å². The molecule has 144 valence electrons. The van der Waals surface area contributed by atoms with Crippen molar-refractivity contribution in [3.63, 3.8) is 0 Å². The summed E-state index contributed by atoms with van der Waals surface area (Å²) in [5.41, 5.74) is 0. The molecular weight excluding hydrogens is 312 g/mol. The van der Waals surface area contributed by atoms with Gasteiger partial charge in [-0.2, -0.15) is 0 Å². The summed E-state index contributed by atoms with van der Waals surface area (Å²) in [7, 11) is 0. The van der Waals surface area contributed by atoms with Crippen molar-refractivity contribution >= 4 is 11.9 Å². The molecule has 0 aliphatic carbocycles. The van der Waals surface area contributed by atoms with Crippen molar-refractivity contribution < 1.29 is 30.0 Å². The van der Waals surface area contributed by atoms with E-state index in [0.717, 1.165) is 19.3 Å². The molecule has 0 aliphatic rings. The van der Waals surface area contributed by atoms with E-state index in [4.69, 9.17) is 15.3 Å². The van der Waals surface area contributed by atoms with Gasteiger partial charge in [-0.15, -0.1) is 0 Å². The van der Waals surface area contributed by atoms with E-state index in [1.165, 1.54) is 32.1 Å². The molecule has 6 heteroatoms. The van der Waals surface area contributed by atoms with Gasteiger partial charge < -0.3 is 20.4 Å². The minimum atomic E-state index is -0.934. The predicted octanol–water partition coefficient (Wildman–Crippen LogP) is 3.58. The molecule has 24 heavy (non-hydrogen) atoms. The average Bonchev–Trinajstić information content (AvgIpc) is 2.45. The normalized spacial score (nSPS) is 12.8. The lowest BCUT2D eigenvalue weighted by Crippen LogP contribution is -2.12. The summed E-state index contributed by atoms with van der Waals surface area (Å²) < 4.78 is 0. The number of rotatable bonds is 14. The van der Waals surface area contributed by atoms with Crippen molar-refractivity contribution in [1.29, 1.82) is 0 Å². The average molecular weight is 348 g/mol. The van der Waals surface area contributed by atoms with Gasteiger partial charge in [0, 0.05) is 0 Å². The van der Waals surface area contributed by atoms with E-state index in [9.17, 15) is 14.7 Å². The Balaban J connectivity index is 0. The van der Waals surface area contributed by atoms with E-state index in [0.29, 0.717) is 12.8 Å². The molecule has 0 aromatic heterocycles. The van der Waals surface area contributed by atoms with Crippen molar-refractivity contribution in [2.24, 2.45) is 0 Å². The first-order valence-corrected chi connectivity index (χ1v) is 9.13. The summed E-state index contributed by atoms with van der Waals surface area (Å²) in [5, 5.41) is 34.7. The Morgan fingerprint density at radius 1 is 0.667 bits per heavy atom. The van der Waals surface area contributed by atoms with Gasteiger partial charge in [-0.05, 0) is 12.8 Å². The number of aliphatic hydroxyl groups is 2. The third-order valence-corrected chi connectivity index (χ3v) is 3.58. The monoisotopic (exact) mass is 348 g/mol. The molecule has 0 amide bonds. The van der Waals surface area contributed by atoms with Crippen LogP contribution in [0.15, 0.2) is 0 Å². The number of hydrogen-bond donors (Lipinski definition) is 4. The molecule has 4 N–H and O–H groups in total. The SMILES string of the molecule is CCCC(O)CC(=O)O.CCCCCCCCCC(O)CC(=O)O. The van der Waals surface area contributed by atoms with Crippen LogP contribution >= 0.6 is 0 Å². The van der Waals surface area contributed by atoms with E-state index in [1.807, 2.05) is 6.92 Å². The number of carboxylic acid groups (broad SMARTS) is 2. The van der Waals surface area contributed by atoms with Crippen molar-refractivity contribution in [2.45, 2.75) is 103 Å². The van der Waals surface area contributed by atoms with Crippen LogP contribution in [0.3, 0.4) is 0 Å². The maximum absolute atomic E-state index is 10.3. The molecule has 0 aliphatic heterocycles. The molecule has 0 saturated heterocycles. The maximum atomic E-state index is 10.3. The third kappa shape index (κ3) is 23.1. The zero-order valence-corrected chi connectivity index (χ0v) is 15.2. The van der Waals surface area contributed by atoms with Gasteiger partial charge in [-0.1, -0.05) is 65.2 Å². The first-order valence-electron chi connectivity index (χ1n) is 9.13. The molecule has 2 atom stereocenters. The number of aliphatic carboxylic acids is 2. The molecule has 6 nitrogen and oxygen atoms in total. The molecule has 0 rings (SSSR count). The molecule has 0 spiro atoms. The molecule has 0 heterocycles. The molecule has 2 unspecified atom stereocenters. The lowest BCUT2D eigenvalue weighted by atomic mass is 10.1. The highest BCUT2D eigenvalue weighted by atomic mass is 16.4. The van der Waals surface area contributed by atoms with Crippen LogP contribution in [0.4, 0.5) is 0 Å². The van der Waals surface area contributed by atoms with Crippen molar-refractivity contribution in [3.05, 3.63) is 0 Å². The zero-order valence-electron chi connectivity index (χ0n) is 15.2. The highest BCUT2D eigenvalue weighted by Gasteiger charge is 2.08. The topological polar surface area (TPSA) is 115 Å². The van der Waals surface area contributed by atoms with Crippen LogP contribution in [0, 0.1) is 0 Å². The van der Waals surface area contributed by atoms with Crippen LogP contribution in [-0.4, -0.2) is 44.6 Å². The van der Waals surface area contributed by atoms with Gasteiger partial charge in [0.05, 0.1) is 25.0 Å². The van der Waals surface area contributed by atoms with Gasteiger partial charge >= 0.3 is 11.9 Å². The fourth-order valence-electron chi connectivity index (χ4n) is 2.28. The highest BCUT2D eigenvalue weighted by Crippen LogP contribution is 2.10. The molecule has 0 fully saturated rings. The van der Waals surface area contributed by atoms with Crippen LogP contribution < -0.4 is 0 Å². The predicted molar refractivity (Wildman–Crippen MR) is 94.0 cm³/mol. The maximum Gasteiger partial charge on any atom is 0.305 e. The summed E-state index contributed by atoms with van der Waals surface area (Å²) in [6.45, 7) is 4.10. The second kappa shape index (κ2) is 18.2. The minimum absolute atomic E-state index is 0.115. The Kier molecular flexibility index (Phi) is 19.0. The van der Waals surface area contributed by atoms with E-state index < -0.39 is 24.1 Å². The Bertz CT molecular complexity index is 306. The zero-order chi connectivity index (χ0) is 18.8. The summed E-state index contributed by atoms with van der Waals surface area (Å²) in [6.07, 6.45) is 8.87. The van der Waals surface area contributed by atoms with Gasteiger partial charge in [0.1, 0.15) is 0 Å². The van der Waals surface area contributed by atoms with Crippen LogP contribution in [0.5, 0.6) is 0 Å². The molecule has 0 bridgehead atoms. The number of aliphatic hydroxyl groups excluding tert-OH is 2. The van der Waals surface area contributed by atoms with Gasteiger partial charge in [-0.3, -0.25) is 9.59 Å². The standard InChI is InChI=1S/C12H24O3.C6H12O3/c1-2-3-4-5-6-7-8-9-11(13)10-12(14)15;1-2-3-5(7)4-6(8)9/h11,13H,2-10H2,1H3,(H,14,15);5,7H,2-4H2,1H3,(H,8,9). The summed E-state index contributed by atoms with van der Waals surface area (Å²) >= 11 is 0. The first kappa shape index (κ1) is 25.1. The summed E-state index contributed by atoms with van der Waals surface area (Å²) in [5.74, 6) is -1.85. The quantitative estimate of drug-likeness (QED) is 0.357. The Morgan fingerprint density at radius 2 is 1.08 bits per heavy atom. The van der Waals surface area contributed by atoms with Crippen LogP contribution in [0.25, 0.3) is 0 Å². The van der Waals surface area contributed by atoms with Gasteiger partial charge in [0.15, 0.2) is 0 Å². The number of hydrogen-bond acceptors (Lipinski definition) is 4. The van der Waals surface area contributed by atoms with Crippen LogP contribution in [-0.2, 0) is 9.59 Å². The molecule has 0 radical (unpaired) electrons. The van der Waals surface area contributed by atoms with E-state index in [-0.39, 0.29) is 12.8 Å². The number of unbranched alkanes of at least 4 members (excludes halogenated alkanes) is 6.